The Hall–Kier alpha value is -2.07. The van der Waals surface area contributed by atoms with Gasteiger partial charge in [0.15, 0.2) is 6.29 Å². The lowest BCUT2D eigenvalue weighted by molar-refractivity contribution is -0.188. The summed E-state index contributed by atoms with van der Waals surface area (Å²) in [4.78, 5) is 4.40. The molecule has 5 nitrogen and oxygen atoms in total. The molecule has 0 saturated carbocycles. The van der Waals surface area contributed by atoms with Gasteiger partial charge in [-0.15, -0.1) is 0 Å². The number of imidazole rings is 1. The van der Waals surface area contributed by atoms with Gasteiger partial charge in [-0.1, -0.05) is 29.4 Å². The predicted molar refractivity (Wildman–Crippen MR) is 100 cm³/mol. The highest BCUT2D eigenvalue weighted by atomic mass is 16.7. The van der Waals surface area contributed by atoms with Crippen LogP contribution in [0.3, 0.4) is 0 Å². The van der Waals surface area contributed by atoms with E-state index in [2.05, 4.69) is 16.8 Å². The van der Waals surface area contributed by atoms with E-state index < -0.39 is 6.04 Å². The maximum absolute atomic E-state index is 9.81. The lowest BCUT2D eigenvalue weighted by Gasteiger charge is -2.26. The van der Waals surface area contributed by atoms with Crippen molar-refractivity contribution in [3.63, 3.8) is 0 Å². The van der Waals surface area contributed by atoms with Gasteiger partial charge in [0.25, 0.3) is 0 Å². The molecule has 1 fully saturated rings. The molecule has 1 aliphatic heterocycles. The number of ether oxygens (including phenoxy) is 2. The second kappa shape index (κ2) is 9.04. The summed E-state index contributed by atoms with van der Waals surface area (Å²) in [6.45, 7) is 2.56. The average Bonchev–Trinajstić information content (AvgIpc) is 3.14. The Kier molecular flexibility index (Phi) is 6.51. The van der Waals surface area contributed by atoms with Crippen LogP contribution in [-0.2, 0) is 9.47 Å². The van der Waals surface area contributed by atoms with Gasteiger partial charge in [0.1, 0.15) is 25.8 Å². The van der Waals surface area contributed by atoms with Gasteiger partial charge in [0, 0.05) is 24.6 Å². The lowest BCUT2D eigenvalue weighted by Crippen LogP contribution is -2.25. The lowest BCUT2D eigenvalue weighted by atomic mass is 9.95. The molecule has 0 amide bonds. The van der Waals surface area contributed by atoms with Crippen molar-refractivity contribution in [3.8, 4) is 11.8 Å². The van der Waals surface area contributed by atoms with Gasteiger partial charge >= 0.3 is 0 Å². The SMILES string of the molecule is [B]c1ccc(C#C[C@@H](CO)n2ccnc2C(C)OC2CCCCO2)cc1. The van der Waals surface area contributed by atoms with Crippen molar-refractivity contribution in [2.75, 3.05) is 13.2 Å². The molecular formula is C20H23BN2O3. The summed E-state index contributed by atoms with van der Waals surface area (Å²) < 4.78 is 13.5. The molecule has 1 N–H and O–H groups in total. The summed E-state index contributed by atoms with van der Waals surface area (Å²) in [6, 6.07) is 6.93. The predicted octanol–water partition coefficient (Wildman–Crippen LogP) is 1.87. The van der Waals surface area contributed by atoms with Crippen molar-refractivity contribution in [3.05, 3.63) is 48.0 Å². The smallest absolute Gasteiger partial charge is 0.158 e. The van der Waals surface area contributed by atoms with Crippen LogP contribution in [0.5, 0.6) is 0 Å². The Labute approximate surface area is 155 Å². The van der Waals surface area contributed by atoms with Gasteiger partial charge in [0.2, 0.25) is 0 Å². The van der Waals surface area contributed by atoms with E-state index in [4.69, 9.17) is 17.3 Å². The van der Waals surface area contributed by atoms with Gasteiger partial charge in [-0.3, -0.25) is 0 Å². The summed E-state index contributed by atoms with van der Waals surface area (Å²) in [5.74, 6) is 6.91. The Morgan fingerprint density at radius 3 is 2.88 bits per heavy atom. The highest BCUT2D eigenvalue weighted by molar-refractivity contribution is 6.32. The zero-order valence-corrected chi connectivity index (χ0v) is 15.0. The molecule has 1 aromatic heterocycles. The quantitative estimate of drug-likeness (QED) is 0.661. The van der Waals surface area contributed by atoms with Gasteiger partial charge < -0.3 is 19.1 Å². The monoisotopic (exact) mass is 350 g/mol. The Bertz CT molecular complexity index is 757. The molecule has 1 aromatic carbocycles. The maximum Gasteiger partial charge on any atom is 0.158 e. The van der Waals surface area contributed by atoms with Gasteiger partial charge in [-0.25, -0.2) is 4.98 Å². The molecular weight excluding hydrogens is 327 g/mol. The summed E-state index contributed by atoms with van der Waals surface area (Å²) in [5.41, 5.74) is 1.54. The Morgan fingerprint density at radius 2 is 2.19 bits per heavy atom. The van der Waals surface area contributed by atoms with E-state index >= 15 is 0 Å². The zero-order chi connectivity index (χ0) is 18.4. The molecule has 1 aliphatic rings. The average molecular weight is 350 g/mol. The number of benzene rings is 1. The van der Waals surface area contributed by atoms with Crippen molar-refractivity contribution < 1.29 is 14.6 Å². The van der Waals surface area contributed by atoms with E-state index in [1.54, 1.807) is 18.3 Å². The molecule has 134 valence electrons. The maximum atomic E-state index is 9.81. The van der Waals surface area contributed by atoms with Crippen LogP contribution in [0, 0.1) is 11.8 Å². The molecule has 2 unspecified atom stereocenters. The van der Waals surface area contributed by atoms with Crippen molar-refractivity contribution >= 4 is 13.3 Å². The standard InChI is InChI=1S/C20H23BN2O3/c1-15(26-19-4-2-3-13-25-19)20-22-11-12-23(20)18(14-24)10-7-16-5-8-17(21)9-6-16/h5-6,8-9,11-12,15,18-19,24H,2-4,13-14H2,1H3/t15?,18-,19?/m0/s1. The molecule has 2 radical (unpaired) electrons. The van der Waals surface area contributed by atoms with E-state index in [1.165, 1.54) is 0 Å². The molecule has 0 bridgehead atoms. The minimum atomic E-state index is -0.400. The van der Waals surface area contributed by atoms with Crippen molar-refractivity contribution in [1.82, 2.24) is 9.55 Å². The first-order valence-corrected chi connectivity index (χ1v) is 8.95. The number of aliphatic hydroxyl groups excluding tert-OH is 1. The zero-order valence-electron chi connectivity index (χ0n) is 15.0. The largest absolute Gasteiger partial charge is 0.393 e. The fourth-order valence-electron chi connectivity index (χ4n) is 2.95. The van der Waals surface area contributed by atoms with Crippen LogP contribution in [0.25, 0.3) is 0 Å². The summed E-state index contributed by atoms with van der Waals surface area (Å²) >= 11 is 0. The minimum absolute atomic E-state index is 0.113. The number of aliphatic hydroxyl groups is 1. The molecule has 0 spiro atoms. The highest BCUT2D eigenvalue weighted by Crippen LogP contribution is 2.24. The second-order valence-electron chi connectivity index (χ2n) is 6.36. The summed E-state index contributed by atoms with van der Waals surface area (Å²) in [7, 11) is 5.69. The van der Waals surface area contributed by atoms with Crippen molar-refractivity contribution in [1.29, 1.82) is 0 Å². The van der Waals surface area contributed by atoms with Crippen molar-refractivity contribution in [2.45, 2.75) is 44.6 Å². The third-order valence-corrected chi connectivity index (χ3v) is 4.36. The first-order chi connectivity index (χ1) is 12.7. The number of hydrogen-bond donors (Lipinski definition) is 1. The molecule has 6 heteroatoms. The van der Waals surface area contributed by atoms with Gasteiger partial charge in [-0.05, 0) is 38.3 Å². The van der Waals surface area contributed by atoms with Gasteiger partial charge in [-0.2, -0.15) is 0 Å². The van der Waals surface area contributed by atoms with E-state index in [0.29, 0.717) is 5.46 Å². The van der Waals surface area contributed by atoms with Crippen LogP contribution in [0.1, 0.15) is 49.7 Å². The fraction of sp³-hybridized carbons (Fsp3) is 0.450. The molecule has 3 rings (SSSR count). The van der Waals surface area contributed by atoms with Crippen LogP contribution in [-0.4, -0.2) is 42.0 Å². The number of hydrogen-bond acceptors (Lipinski definition) is 4. The fourth-order valence-corrected chi connectivity index (χ4v) is 2.95. The number of rotatable bonds is 5. The molecule has 2 heterocycles. The second-order valence-corrected chi connectivity index (χ2v) is 6.36. The highest BCUT2D eigenvalue weighted by Gasteiger charge is 2.22. The Balaban J connectivity index is 1.73. The third-order valence-electron chi connectivity index (χ3n) is 4.36. The summed E-state index contributed by atoms with van der Waals surface area (Å²) in [5, 5.41) is 9.81. The minimum Gasteiger partial charge on any atom is -0.393 e. The molecule has 2 aromatic rings. The first-order valence-electron chi connectivity index (χ1n) is 8.95. The van der Waals surface area contributed by atoms with Gasteiger partial charge in [0.05, 0.1) is 6.61 Å². The van der Waals surface area contributed by atoms with Crippen LogP contribution < -0.4 is 5.46 Å². The topological polar surface area (TPSA) is 56.5 Å². The van der Waals surface area contributed by atoms with Crippen LogP contribution >= 0.6 is 0 Å². The molecule has 0 aliphatic carbocycles. The normalized spacial score (nSPS) is 19.4. The molecule has 3 atom stereocenters. The van der Waals surface area contributed by atoms with E-state index in [1.807, 2.05) is 29.8 Å². The van der Waals surface area contributed by atoms with E-state index in [9.17, 15) is 5.11 Å². The number of nitrogens with zero attached hydrogens (tertiary/aromatic N) is 2. The number of aromatic nitrogens is 2. The van der Waals surface area contributed by atoms with Crippen LogP contribution in [0.2, 0.25) is 0 Å². The van der Waals surface area contributed by atoms with Crippen molar-refractivity contribution in [2.24, 2.45) is 0 Å². The van der Waals surface area contributed by atoms with E-state index in [0.717, 1.165) is 37.3 Å². The summed E-state index contributed by atoms with van der Waals surface area (Å²) in [6.07, 6.45) is 6.15. The van der Waals surface area contributed by atoms with E-state index in [-0.39, 0.29) is 19.0 Å². The third kappa shape index (κ3) is 4.76. The first kappa shape index (κ1) is 18.7. The van der Waals surface area contributed by atoms with Crippen LogP contribution in [0.4, 0.5) is 0 Å². The van der Waals surface area contributed by atoms with Crippen LogP contribution in [0.15, 0.2) is 36.7 Å². The molecule has 26 heavy (non-hydrogen) atoms. The molecule has 1 saturated heterocycles. The Morgan fingerprint density at radius 1 is 1.38 bits per heavy atom.